The van der Waals surface area contributed by atoms with Crippen LogP contribution in [-0.4, -0.2) is 29.6 Å². The van der Waals surface area contributed by atoms with Crippen LogP contribution in [0.15, 0.2) is 41.2 Å². The molecule has 0 atom stereocenters. The van der Waals surface area contributed by atoms with Gasteiger partial charge in [0.1, 0.15) is 0 Å². The second kappa shape index (κ2) is 8.27. The van der Waals surface area contributed by atoms with Crippen LogP contribution in [0.2, 0.25) is 18.1 Å². The first-order valence-corrected chi connectivity index (χ1v) is 12.1. The van der Waals surface area contributed by atoms with Crippen molar-refractivity contribution >= 4 is 8.32 Å². The van der Waals surface area contributed by atoms with Crippen molar-refractivity contribution in [2.24, 2.45) is 0 Å². The van der Waals surface area contributed by atoms with E-state index in [1.807, 2.05) is 18.2 Å². The quantitative estimate of drug-likeness (QED) is 0.628. The Kier molecular flexibility index (Phi) is 6.44. The number of hydrogen-bond donors (Lipinski definition) is 0. The van der Waals surface area contributed by atoms with Gasteiger partial charge in [-0.3, -0.25) is 4.79 Å². The molecule has 152 valence electrons. The summed E-state index contributed by atoms with van der Waals surface area (Å²) < 4.78 is 23.0. The maximum absolute atomic E-state index is 12.1. The van der Waals surface area contributed by atoms with Gasteiger partial charge in [0.25, 0.3) is 8.32 Å². The van der Waals surface area contributed by atoms with E-state index in [1.165, 1.54) is 13.2 Å². The Morgan fingerprint density at radius 3 is 1.86 bits per heavy atom. The fourth-order valence-corrected chi connectivity index (χ4v) is 3.55. The monoisotopic (exact) mass is 402 g/mol. The third kappa shape index (κ3) is 4.33. The molecular formula is C22H30O5Si. The molecule has 0 aromatic heterocycles. The summed E-state index contributed by atoms with van der Waals surface area (Å²) in [7, 11) is 2.57. The largest absolute Gasteiger partial charge is 0.539 e. The average molecular weight is 403 g/mol. The first-order valence-electron chi connectivity index (χ1n) is 9.18. The highest BCUT2D eigenvalue weighted by atomic mass is 28.4. The number of benzene rings is 1. The highest BCUT2D eigenvalue weighted by Gasteiger charge is 2.40. The van der Waals surface area contributed by atoms with E-state index in [9.17, 15) is 4.79 Å². The number of hydrogen-bond acceptors (Lipinski definition) is 5. The summed E-state index contributed by atoms with van der Waals surface area (Å²) in [4.78, 5) is 12.1. The molecule has 0 spiro atoms. The van der Waals surface area contributed by atoms with E-state index in [0.717, 1.165) is 11.1 Å². The molecule has 0 aliphatic rings. The molecule has 0 aliphatic heterocycles. The highest BCUT2D eigenvalue weighted by molar-refractivity contribution is 6.74. The lowest BCUT2D eigenvalue weighted by molar-refractivity contribution is 0.355. The van der Waals surface area contributed by atoms with Gasteiger partial charge in [-0.2, -0.15) is 0 Å². The topological polar surface area (TPSA) is 54.0 Å². The van der Waals surface area contributed by atoms with Gasteiger partial charge in [-0.1, -0.05) is 32.9 Å². The smallest absolute Gasteiger partial charge is 0.250 e. The minimum atomic E-state index is -2.13. The van der Waals surface area contributed by atoms with Crippen molar-refractivity contribution in [1.82, 2.24) is 0 Å². The fraction of sp³-hybridized carbons (Fsp3) is 0.409. The minimum absolute atomic E-state index is 0.0169. The molecule has 6 heteroatoms. The summed E-state index contributed by atoms with van der Waals surface area (Å²) in [5.74, 6) is 2.08. The van der Waals surface area contributed by atoms with Crippen LogP contribution in [0.25, 0.3) is 11.1 Å². The lowest BCUT2D eigenvalue weighted by Crippen LogP contribution is -2.44. The van der Waals surface area contributed by atoms with Gasteiger partial charge in [0.05, 0.1) is 21.3 Å². The lowest BCUT2D eigenvalue weighted by Gasteiger charge is -2.37. The van der Waals surface area contributed by atoms with Crippen molar-refractivity contribution in [3.63, 3.8) is 0 Å². The zero-order valence-corrected chi connectivity index (χ0v) is 19.0. The van der Waals surface area contributed by atoms with Crippen molar-refractivity contribution < 1.29 is 18.6 Å². The Hall–Kier alpha value is -2.47. The first kappa shape index (κ1) is 21.8. The normalized spacial score (nSPS) is 11.7. The first-order chi connectivity index (χ1) is 13.1. The van der Waals surface area contributed by atoms with Gasteiger partial charge in [-0.15, -0.1) is 0 Å². The Morgan fingerprint density at radius 1 is 0.750 bits per heavy atom. The molecule has 0 unspecified atom stereocenters. The second-order valence-electron chi connectivity index (χ2n) is 8.09. The minimum Gasteiger partial charge on any atom is -0.539 e. The van der Waals surface area contributed by atoms with Crippen molar-refractivity contribution in [1.29, 1.82) is 0 Å². The fourth-order valence-electron chi connectivity index (χ4n) is 2.54. The zero-order chi connectivity index (χ0) is 21.1. The third-order valence-electron chi connectivity index (χ3n) is 5.27. The molecule has 2 aromatic carbocycles. The molecule has 5 nitrogen and oxygen atoms in total. The van der Waals surface area contributed by atoms with E-state index in [4.69, 9.17) is 18.6 Å². The summed E-state index contributed by atoms with van der Waals surface area (Å²) in [6.07, 6.45) is 0. The van der Waals surface area contributed by atoms with E-state index in [1.54, 1.807) is 26.4 Å². The Morgan fingerprint density at radius 2 is 1.32 bits per heavy atom. The summed E-state index contributed by atoms with van der Waals surface area (Å²) in [5.41, 5.74) is 1.45. The SMILES string of the molecule is COc1ccc(-c2ccc(OC)c(=O)cc2)c(OC)c1O[Si](C)(C)C(C)(C)C. The van der Waals surface area contributed by atoms with E-state index < -0.39 is 8.32 Å². The maximum atomic E-state index is 12.1. The van der Waals surface area contributed by atoms with Gasteiger partial charge in [0.2, 0.25) is 5.43 Å². The van der Waals surface area contributed by atoms with Crippen LogP contribution < -0.4 is 24.1 Å². The second-order valence-corrected chi connectivity index (χ2v) is 12.8. The molecule has 0 fully saturated rings. The molecular weight excluding hydrogens is 372 g/mol. The number of rotatable bonds is 6. The van der Waals surface area contributed by atoms with Crippen LogP contribution in [0.1, 0.15) is 20.8 Å². The molecule has 0 N–H and O–H groups in total. The molecule has 0 heterocycles. The standard InChI is InChI=1S/C22H30O5Si/c1-22(2,3)28(7,8)27-21-19(25-5)14-11-16(20(21)26-6)15-9-12-17(23)18(24-4)13-10-15/h9-14H,1-8H3. The number of methoxy groups -OCH3 is 3. The van der Waals surface area contributed by atoms with Crippen molar-refractivity contribution in [2.75, 3.05) is 21.3 Å². The summed E-state index contributed by atoms with van der Waals surface area (Å²) in [6.45, 7) is 10.9. The molecule has 0 saturated heterocycles. The van der Waals surface area contributed by atoms with Crippen molar-refractivity contribution in [3.8, 4) is 34.1 Å². The summed E-state index contributed by atoms with van der Waals surface area (Å²) >= 11 is 0. The van der Waals surface area contributed by atoms with Gasteiger partial charge in [-0.05, 0) is 48.0 Å². The number of ether oxygens (including phenoxy) is 3. The van der Waals surface area contributed by atoms with E-state index >= 15 is 0 Å². The van der Waals surface area contributed by atoms with Crippen molar-refractivity contribution in [2.45, 2.75) is 38.9 Å². The van der Waals surface area contributed by atoms with Gasteiger partial charge in [0.15, 0.2) is 23.0 Å². The highest BCUT2D eigenvalue weighted by Crippen LogP contribution is 2.48. The summed E-state index contributed by atoms with van der Waals surface area (Å²) in [5, 5.41) is 0.0169. The van der Waals surface area contributed by atoms with Crippen LogP contribution in [-0.2, 0) is 0 Å². The molecule has 0 radical (unpaired) electrons. The van der Waals surface area contributed by atoms with E-state index in [2.05, 4.69) is 33.9 Å². The Balaban J connectivity index is 2.69. The van der Waals surface area contributed by atoms with E-state index in [-0.39, 0.29) is 16.2 Å². The molecule has 0 aliphatic carbocycles. The predicted molar refractivity (Wildman–Crippen MR) is 116 cm³/mol. The van der Waals surface area contributed by atoms with Crippen LogP contribution >= 0.6 is 0 Å². The summed E-state index contributed by atoms with van der Waals surface area (Å²) in [6, 6.07) is 10.5. The van der Waals surface area contributed by atoms with Crippen LogP contribution in [0.5, 0.6) is 23.0 Å². The molecule has 2 aromatic rings. The van der Waals surface area contributed by atoms with Gasteiger partial charge >= 0.3 is 0 Å². The molecule has 28 heavy (non-hydrogen) atoms. The molecule has 2 rings (SSSR count). The van der Waals surface area contributed by atoms with Gasteiger partial charge in [-0.25, -0.2) is 0 Å². The third-order valence-corrected chi connectivity index (χ3v) is 9.59. The zero-order valence-electron chi connectivity index (χ0n) is 18.0. The van der Waals surface area contributed by atoms with Gasteiger partial charge < -0.3 is 18.6 Å². The van der Waals surface area contributed by atoms with Crippen molar-refractivity contribution in [3.05, 3.63) is 46.6 Å². The van der Waals surface area contributed by atoms with Crippen LogP contribution in [0, 0.1) is 0 Å². The maximum Gasteiger partial charge on any atom is 0.250 e. The molecule has 0 saturated carbocycles. The lowest BCUT2D eigenvalue weighted by atomic mass is 10.1. The molecule has 0 amide bonds. The predicted octanol–water partition coefficient (Wildman–Crippen LogP) is 5.12. The van der Waals surface area contributed by atoms with Crippen LogP contribution in [0.3, 0.4) is 0 Å². The van der Waals surface area contributed by atoms with Crippen LogP contribution in [0.4, 0.5) is 0 Å². The molecule has 0 bridgehead atoms. The average Bonchev–Trinajstić information content (AvgIpc) is 2.81. The van der Waals surface area contributed by atoms with E-state index in [0.29, 0.717) is 17.2 Å². The van der Waals surface area contributed by atoms with Gasteiger partial charge in [0, 0.05) is 5.56 Å². The Bertz CT molecular complexity index is 900. The Labute approximate surface area is 168 Å².